The highest BCUT2D eigenvalue weighted by molar-refractivity contribution is 8.00. The second kappa shape index (κ2) is 7.08. The fourth-order valence-corrected chi connectivity index (χ4v) is 4.57. The molecule has 1 saturated heterocycles. The molecule has 0 aliphatic carbocycles. The molecule has 0 radical (unpaired) electrons. The van der Waals surface area contributed by atoms with E-state index < -0.39 is 0 Å². The summed E-state index contributed by atoms with van der Waals surface area (Å²) in [6.07, 6.45) is 2.20. The van der Waals surface area contributed by atoms with Crippen LogP contribution in [0.5, 0.6) is 5.75 Å². The van der Waals surface area contributed by atoms with Gasteiger partial charge in [-0.05, 0) is 42.2 Å². The van der Waals surface area contributed by atoms with Crippen LogP contribution in [0.1, 0.15) is 11.1 Å². The van der Waals surface area contributed by atoms with Gasteiger partial charge in [0.2, 0.25) is 0 Å². The van der Waals surface area contributed by atoms with Crippen molar-refractivity contribution in [2.75, 3.05) is 31.0 Å². The average Bonchev–Trinajstić information content (AvgIpc) is 3.23. The van der Waals surface area contributed by atoms with Gasteiger partial charge in [0.05, 0.1) is 6.04 Å². The van der Waals surface area contributed by atoms with Gasteiger partial charge in [0.25, 0.3) is 0 Å². The second-order valence-electron chi connectivity index (χ2n) is 6.64. The van der Waals surface area contributed by atoms with Crippen molar-refractivity contribution in [2.45, 2.75) is 24.1 Å². The molecule has 126 valence electrons. The van der Waals surface area contributed by atoms with Gasteiger partial charge in [0, 0.05) is 30.4 Å². The molecule has 0 bridgehead atoms. The number of nitrogens with zero attached hydrogens (tertiary/aromatic N) is 1. The summed E-state index contributed by atoms with van der Waals surface area (Å²) in [5.41, 5.74) is 4.16. The van der Waals surface area contributed by atoms with Gasteiger partial charge < -0.3 is 15.0 Å². The van der Waals surface area contributed by atoms with E-state index in [0.29, 0.717) is 11.3 Å². The van der Waals surface area contributed by atoms with E-state index in [1.165, 1.54) is 16.8 Å². The largest absolute Gasteiger partial charge is 0.491 e. The zero-order valence-electron chi connectivity index (χ0n) is 14.1. The summed E-state index contributed by atoms with van der Waals surface area (Å²) in [5, 5.41) is 4.11. The van der Waals surface area contributed by atoms with E-state index in [1.54, 1.807) is 0 Å². The summed E-state index contributed by atoms with van der Waals surface area (Å²) in [6.45, 7) is 1.85. The maximum atomic E-state index is 6.06. The number of thioether (sulfide) groups is 1. The third-order valence-electron chi connectivity index (χ3n) is 5.00. The number of para-hydroxylation sites is 1. The number of rotatable bonds is 5. The zero-order valence-corrected chi connectivity index (χ0v) is 14.9. The zero-order chi connectivity index (χ0) is 16.4. The van der Waals surface area contributed by atoms with Crippen molar-refractivity contribution in [2.24, 2.45) is 0 Å². The van der Waals surface area contributed by atoms with Gasteiger partial charge in [-0.15, -0.1) is 11.8 Å². The van der Waals surface area contributed by atoms with Gasteiger partial charge in [-0.1, -0.05) is 30.3 Å². The number of hydrogen-bond acceptors (Lipinski definition) is 4. The average molecular weight is 340 g/mol. The Balaban J connectivity index is 1.32. The number of hydrogen-bond donors (Lipinski definition) is 1. The van der Waals surface area contributed by atoms with E-state index in [9.17, 15) is 0 Å². The summed E-state index contributed by atoms with van der Waals surface area (Å²) in [5.74, 6) is 2.06. The first kappa shape index (κ1) is 15.9. The number of nitrogens with one attached hydrogen (secondary N) is 1. The molecule has 2 aliphatic heterocycles. The van der Waals surface area contributed by atoms with Gasteiger partial charge >= 0.3 is 0 Å². The molecule has 0 spiro atoms. The Morgan fingerprint density at radius 2 is 2.00 bits per heavy atom. The van der Waals surface area contributed by atoms with Crippen LogP contribution in [0.2, 0.25) is 0 Å². The highest BCUT2D eigenvalue weighted by Gasteiger charge is 2.26. The van der Waals surface area contributed by atoms with E-state index in [0.717, 1.165) is 37.6 Å². The quantitative estimate of drug-likeness (QED) is 0.902. The first-order valence-corrected chi connectivity index (χ1v) is 9.69. The van der Waals surface area contributed by atoms with E-state index in [1.807, 2.05) is 11.8 Å². The molecule has 4 rings (SSSR count). The Morgan fingerprint density at radius 3 is 2.75 bits per heavy atom. The summed E-state index contributed by atoms with van der Waals surface area (Å²) in [4.78, 5) is 2.34. The molecule has 0 amide bonds. The van der Waals surface area contributed by atoms with Crippen LogP contribution in [0, 0.1) is 0 Å². The van der Waals surface area contributed by atoms with Gasteiger partial charge in [-0.25, -0.2) is 0 Å². The van der Waals surface area contributed by atoms with Gasteiger partial charge in [0.15, 0.2) is 0 Å². The van der Waals surface area contributed by atoms with E-state index in [4.69, 9.17) is 4.74 Å². The molecule has 2 unspecified atom stereocenters. The highest BCUT2D eigenvalue weighted by Crippen LogP contribution is 2.30. The summed E-state index contributed by atoms with van der Waals surface area (Å²) < 4.78 is 6.06. The number of likely N-dealkylation sites (N-methyl/N-ethyl adjacent to an activating group) is 1. The monoisotopic (exact) mass is 340 g/mol. The van der Waals surface area contributed by atoms with Crippen LogP contribution in [-0.2, 0) is 12.8 Å². The molecule has 2 heterocycles. The van der Waals surface area contributed by atoms with Crippen LogP contribution in [-0.4, -0.2) is 37.4 Å². The van der Waals surface area contributed by atoms with Crippen LogP contribution >= 0.6 is 11.8 Å². The van der Waals surface area contributed by atoms with Gasteiger partial charge in [-0.2, -0.15) is 0 Å². The molecule has 2 atom stereocenters. The van der Waals surface area contributed by atoms with Crippen molar-refractivity contribution in [3.8, 4) is 5.75 Å². The van der Waals surface area contributed by atoms with Crippen molar-refractivity contribution < 1.29 is 4.74 Å². The molecule has 2 aliphatic rings. The predicted molar refractivity (Wildman–Crippen MR) is 102 cm³/mol. The van der Waals surface area contributed by atoms with Crippen molar-refractivity contribution in [1.29, 1.82) is 0 Å². The topological polar surface area (TPSA) is 24.5 Å². The van der Waals surface area contributed by atoms with Crippen molar-refractivity contribution in [1.82, 2.24) is 5.32 Å². The molecular formula is C20H24N2OS. The Bertz CT molecular complexity index is 682. The third-order valence-corrected chi connectivity index (χ3v) is 6.17. The summed E-state index contributed by atoms with van der Waals surface area (Å²) >= 11 is 2.01. The maximum absolute atomic E-state index is 6.06. The fourth-order valence-electron chi connectivity index (χ4n) is 3.55. The first-order valence-electron chi connectivity index (χ1n) is 8.64. The summed E-state index contributed by atoms with van der Waals surface area (Å²) in [7, 11) is 2.16. The maximum Gasteiger partial charge on any atom is 0.119 e. The van der Waals surface area contributed by atoms with Crippen molar-refractivity contribution in [3.63, 3.8) is 0 Å². The van der Waals surface area contributed by atoms with Crippen molar-refractivity contribution in [3.05, 3.63) is 59.7 Å². The highest BCUT2D eigenvalue weighted by atomic mass is 32.2. The predicted octanol–water partition coefficient (Wildman–Crippen LogP) is 3.33. The second-order valence-corrected chi connectivity index (χ2v) is 7.93. The number of benzene rings is 2. The minimum atomic E-state index is 0.419. The lowest BCUT2D eigenvalue weighted by molar-refractivity contribution is 0.288. The standard InChI is InChI=1S/C20H24N2OS/c1-22-17(11-16-4-2-3-5-20(16)22)13-23-18-8-6-15(7-9-18)10-19-12-21-14-24-19/h2-9,17,19,21H,10-14H2,1H3. The minimum Gasteiger partial charge on any atom is -0.491 e. The van der Waals surface area contributed by atoms with Crippen LogP contribution in [0.25, 0.3) is 0 Å². The summed E-state index contributed by atoms with van der Waals surface area (Å²) in [6, 6.07) is 17.7. The van der Waals surface area contributed by atoms with Gasteiger partial charge in [0.1, 0.15) is 12.4 Å². The molecule has 0 saturated carbocycles. The molecular weight excluding hydrogens is 316 g/mol. The lowest BCUT2D eigenvalue weighted by Crippen LogP contribution is -2.33. The number of ether oxygens (including phenoxy) is 1. The first-order chi connectivity index (χ1) is 11.8. The molecule has 1 N–H and O–H groups in total. The van der Waals surface area contributed by atoms with E-state index >= 15 is 0 Å². The lowest BCUT2D eigenvalue weighted by Gasteiger charge is -2.22. The fraction of sp³-hybridized carbons (Fsp3) is 0.400. The third kappa shape index (κ3) is 3.40. The van der Waals surface area contributed by atoms with Gasteiger partial charge in [-0.3, -0.25) is 0 Å². The van der Waals surface area contributed by atoms with Crippen LogP contribution in [0.15, 0.2) is 48.5 Å². The Kier molecular flexibility index (Phi) is 4.67. The molecule has 2 aromatic carbocycles. The number of fused-ring (bicyclic) bond motifs is 1. The molecule has 4 heteroatoms. The number of anilines is 1. The Morgan fingerprint density at radius 1 is 1.17 bits per heavy atom. The normalized spacial score (nSPS) is 22.6. The Labute approximate surface area is 148 Å². The minimum absolute atomic E-state index is 0.419. The molecule has 1 fully saturated rings. The molecule has 3 nitrogen and oxygen atoms in total. The molecule has 2 aromatic rings. The van der Waals surface area contributed by atoms with E-state index in [2.05, 4.69) is 65.8 Å². The van der Waals surface area contributed by atoms with Crippen LogP contribution < -0.4 is 15.0 Å². The van der Waals surface area contributed by atoms with Crippen LogP contribution in [0.4, 0.5) is 5.69 Å². The van der Waals surface area contributed by atoms with E-state index in [-0.39, 0.29) is 0 Å². The van der Waals surface area contributed by atoms with Crippen LogP contribution in [0.3, 0.4) is 0 Å². The lowest BCUT2D eigenvalue weighted by atomic mass is 10.1. The molecule has 0 aromatic heterocycles. The SMILES string of the molecule is CN1c2ccccc2CC1COc1ccc(CC2CNCS2)cc1. The van der Waals surface area contributed by atoms with Crippen molar-refractivity contribution >= 4 is 17.4 Å². The smallest absolute Gasteiger partial charge is 0.119 e. The Hall–Kier alpha value is -1.65. The molecule has 24 heavy (non-hydrogen) atoms.